The summed E-state index contributed by atoms with van der Waals surface area (Å²) >= 11 is 12.1. The standard InChI is InChI=1S/C17H15Cl2NO2/c1-20-15(21)10-22-17(12-3-2-4-14(19)9-12)16(20)11-5-7-13(18)8-6-11/h2-9,16-17H,10H2,1H3/t16-,17+/m0/s1. The molecule has 2 aromatic carbocycles. The van der Waals surface area contributed by atoms with Gasteiger partial charge in [-0.15, -0.1) is 0 Å². The number of rotatable bonds is 2. The van der Waals surface area contributed by atoms with Crippen LogP contribution in [0.25, 0.3) is 0 Å². The average molecular weight is 336 g/mol. The van der Waals surface area contributed by atoms with Crippen LogP contribution in [-0.2, 0) is 9.53 Å². The zero-order chi connectivity index (χ0) is 15.7. The predicted molar refractivity (Wildman–Crippen MR) is 87.1 cm³/mol. The summed E-state index contributed by atoms with van der Waals surface area (Å²) in [6.07, 6.45) is -0.262. The number of hydrogen-bond donors (Lipinski definition) is 0. The zero-order valence-corrected chi connectivity index (χ0v) is 13.5. The first kappa shape index (κ1) is 15.3. The first-order valence-corrected chi connectivity index (χ1v) is 7.70. The van der Waals surface area contributed by atoms with Gasteiger partial charge >= 0.3 is 0 Å². The quantitative estimate of drug-likeness (QED) is 0.820. The van der Waals surface area contributed by atoms with Gasteiger partial charge < -0.3 is 9.64 Å². The summed E-state index contributed by atoms with van der Waals surface area (Å²) in [5, 5.41) is 1.31. The van der Waals surface area contributed by atoms with Crippen molar-refractivity contribution < 1.29 is 9.53 Å². The second kappa shape index (κ2) is 6.29. The molecule has 1 amide bonds. The number of carbonyl (C=O) groups is 1. The van der Waals surface area contributed by atoms with Crippen molar-refractivity contribution in [3.8, 4) is 0 Å². The van der Waals surface area contributed by atoms with Gasteiger partial charge in [0.1, 0.15) is 12.7 Å². The topological polar surface area (TPSA) is 29.5 Å². The Hall–Kier alpha value is -1.55. The molecule has 2 atom stereocenters. The van der Waals surface area contributed by atoms with Gasteiger partial charge in [-0.1, -0.05) is 47.5 Å². The monoisotopic (exact) mass is 335 g/mol. The number of hydrogen-bond acceptors (Lipinski definition) is 2. The highest BCUT2D eigenvalue weighted by atomic mass is 35.5. The summed E-state index contributed by atoms with van der Waals surface area (Å²) in [6, 6.07) is 14.8. The first-order chi connectivity index (χ1) is 10.6. The number of nitrogens with zero attached hydrogens (tertiary/aromatic N) is 1. The molecule has 0 bridgehead atoms. The molecule has 0 radical (unpaired) electrons. The van der Waals surface area contributed by atoms with E-state index in [4.69, 9.17) is 27.9 Å². The molecule has 1 saturated heterocycles. The van der Waals surface area contributed by atoms with E-state index in [2.05, 4.69) is 0 Å². The Morgan fingerprint density at radius 2 is 1.77 bits per heavy atom. The van der Waals surface area contributed by atoms with Crippen LogP contribution in [0.3, 0.4) is 0 Å². The number of halogens is 2. The number of morpholine rings is 1. The van der Waals surface area contributed by atoms with Gasteiger partial charge in [0.15, 0.2) is 0 Å². The van der Waals surface area contributed by atoms with E-state index in [0.29, 0.717) is 10.0 Å². The van der Waals surface area contributed by atoms with Gasteiger partial charge in [0.2, 0.25) is 5.91 Å². The average Bonchev–Trinajstić information content (AvgIpc) is 2.51. The normalized spacial score (nSPS) is 22.0. The van der Waals surface area contributed by atoms with Crippen LogP contribution in [0.1, 0.15) is 23.3 Å². The van der Waals surface area contributed by atoms with Crippen LogP contribution in [-0.4, -0.2) is 24.5 Å². The Balaban J connectivity index is 2.03. The highest BCUT2D eigenvalue weighted by molar-refractivity contribution is 6.30. The molecule has 1 aliphatic heterocycles. The second-order valence-electron chi connectivity index (χ2n) is 5.29. The molecule has 0 unspecified atom stereocenters. The molecular formula is C17H15Cl2NO2. The van der Waals surface area contributed by atoms with E-state index in [9.17, 15) is 4.79 Å². The van der Waals surface area contributed by atoms with Crippen LogP contribution in [0.4, 0.5) is 0 Å². The summed E-state index contributed by atoms with van der Waals surface area (Å²) in [5.74, 6) is -0.0433. The molecule has 0 saturated carbocycles. The molecule has 0 aromatic heterocycles. The van der Waals surface area contributed by atoms with Gasteiger partial charge in [0.05, 0.1) is 6.04 Å². The van der Waals surface area contributed by atoms with Crippen molar-refractivity contribution in [2.24, 2.45) is 0 Å². The third-order valence-electron chi connectivity index (χ3n) is 3.87. The van der Waals surface area contributed by atoms with Crippen LogP contribution in [0.2, 0.25) is 10.0 Å². The molecule has 2 aromatic rings. The van der Waals surface area contributed by atoms with Gasteiger partial charge in [-0.25, -0.2) is 0 Å². The molecule has 0 N–H and O–H groups in total. The third kappa shape index (κ3) is 2.98. The molecule has 0 aliphatic carbocycles. The number of benzene rings is 2. The Morgan fingerprint density at radius 1 is 1.05 bits per heavy atom. The fourth-order valence-electron chi connectivity index (χ4n) is 2.73. The summed E-state index contributed by atoms with van der Waals surface area (Å²) in [7, 11) is 1.79. The van der Waals surface area contributed by atoms with E-state index >= 15 is 0 Å². The second-order valence-corrected chi connectivity index (χ2v) is 6.16. The summed E-state index contributed by atoms with van der Waals surface area (Å²) < 4.78 is 5.82. The Kier molecular flexibility index (Phi) is 4.39. The largest absolute Gasteiger partial charge is 0.361 e. The molecule has 114 valence electrons. The predicted octanol–water partition coefficient (Wildman–Crippen LogP) is 4.26. The fraction of sp³-hybridized carbons (Fsp3) is 0.235. The zero-order valence-electron chi connectivity index (χ0n) is 12.0. The molecular weight excluding hydrogens is 321 g/mol. The number of amides is 1. The smallest absolute Gasteiger partial charge is 0.248 e. The van der Waals surface area contributed by atoms with Gasteiger partial charge in [-0.2, -0.15) is 0 Å². The van der Waals surface area contributed by atoms with E-state index in [0.717, 1.165) is 11.1 Å². The lowest BCUT2D eigenvalue weighted by molar-refractivity contribution is -0.155. The number of carbonyl (C=O) groups excluding carboxylic acids is 1. The molecule has 5 heteroatoms. The summed E-state index contributed by atoms with van der Waals surface area (Å²) in [4.78, 5) is 13.8. The minimum absolute atomic E-state index is 0.0433. The van der Waals surface area contributed by atoms with E-state index in [1.807, 2.05) is 48.5 Å². The molecule has 1 heterocycles. The van der Waals surface area contributed by atoms with Gasteiger partial charge in [0.25, 0.3) is 0 Å². The van der Waals surface area contributed by atoms with Crippen molar-refractivity contribution in [2.45, 2.75) is 12.1 Å². The van der Waals surface area contributed by atoms with Crippen molar-refractivity contribution in [3.05, 3.63) is 69.7 Å². The lowest BCUT2D eigenvalue weighted by Gasteiger charge is -2.39. The van der Waals surface area contributed by atoms with Crippen LogP contribution < -0.4 is 0 Å². The Labute approximate surface area is 139 Å². The van der Waals surface area contributed by atoms with Crippen molar-refractivity contribution >= 4 is 29.1 Å². The Bertz CT molecular complexity index is 687. The van der Waals surface area contributed by atoms with E-state index in [1.165, 1.54) is 0 Å². The van der Waals surface area contributed by atoms with E-state index < -0.39 is 0 Å². The number of likely N-dealkylation sites (N-methyl/N-ethyl adjacent to an activating group) is 1. The molecule has 1 fully saturated rings. The van der Waals surface area contributed by atoms with Crippen LogP contribution in [0, 0.1) is 0 Å². The van der Waals surface area contributed by atoms with Crippen molar-refractivity contribution in [1.29, 1.82) is 0 Å². The van der Waals surface area contributed by atoms with E-state index in [-0.39, 0.29) is 24.7 Å². The summed E-state index contributed by atoms with van der Waals surface area (Å²) in [5.41, 5.74) is 1.93. The highest BCUT2D eigenvalue weighted by Crippen LogP contribution is 2.39. The van der Waals surface area contributed by atoms with Crippen molar-refractivity contribution in [3.63, 3.8) is 0 Å². The minimum atomic E-state index is -0.262. The first-order valence-electron chi connectivity index (χ1n) is 6.94. The molecule has 1 aliphatic rings. The maximum absolute atomic E-state index is 12.0. The van der Waals surface area contributed by atoms with Gasteiger partial charge in [-0.3, -0.25) is 4.79 Å². The van der Waals surface area contributed by atoms with E-state index in [1.54, 1.807) is 11.9 Å². The van der Waals surface area contributed by atoms with Crippen molar-refractivity contribution in [1.82, 2.24) is 4.90 Å². The Morgan fingerprint density at radius 3 is 2.45 bits per heavy atom. The molecule has 3 nitrogen and oxygen atoms in total. The minimum Gasteiger partial charge on any atom is -0.361 e. The molecule has 0 spiro atoms. The van der Waals surface area contributed by atoms with Gasteiger partial charge in [-0.05, 0) is 35.4 Å². The van der Waals surface area contributed by atoms with Crippen LogP contribution in [0.5, 0.6) is 0 Å². The lowest BCUT2D eigenvalue weighted by Crippen LogP contribution is -2.43. The third-order valence-corrected chi connectivity index (χ3v) is 4.36. The van der Waals surface area contributed by atoms with Gasteiger partial charge in [0, 0.05) is 17.1 Å². The highest BCUT2D eigenvalue weighted by Gasteiger charge is 2.36. The molecule has 22 heavy (non-hydrogen) atoms. The lowest BCUT2D eigenvalue weighted by atomic mass is 9.93. The number of ether oxygens (including phenoxy) is 1. The summed E-state index contributed by atoms with van der Waals surface area (Å²) in [6.45, 7) is 0.0672. The maximum atomic E-state index is 12.0. The molecule has 3 rings (SSSR count). The van der Waals surface area contributed by atoms with Crippen LogP contribution in [0.15, 0.2) is 48.5 Å². The SMILES string of the molecule is CN1C(=O)CO[C@H](c2cccc(Cl)c2)[C@@H]1c1ccc(Cl)cc1. The van der Waals surface area contributed by atoms with Crippen LogP contribution >= 0.6 is 23.2 Å². The maximum Gasteiger partial charge on any atom is 0.248 e. The fourth-order valence-corrected chi connectivity index (χ4v) is 3.06. The van der Waals surface area contributed by atoms with Crippen molar-refractivity contribution in [2.75, 3.05) is 13.7 Å².